The summed E-state index contributed by atoms with van der Waals surface area (Å²) in [5.74, 6) is 4.10. The molecule has 2 aliphatic carbocycles. The van der Waals surface area contributed by atoms with Gasteiger partial charge in [0, 0.05) is 0 Å². The van der Waals surface area contributed by atoms with E-state index in [0.29, 0.717) is 0 Å². The topological polar surface area (TPSA) is 12.0 Å². The van der Waals surface area contributed by atoms with Crippen LogP contribution in [0.5, 0.6) is 0 Å². The molecule has 17 heavy (non-hydrogen) atoms. The lowest BCUT2D eigenvalue weighted by Crippen LogP contribution is -2.36. The zero-order chi connectivity index (χ0) is 12.1. The van der Waals surface area contributed by atoms with E-state index in [0.717, 1.165) is 23.7 Å². The Balaban J connectivity index is 1.86. The first-order chi connectivity index (χ1) is 8.31. The molecule has 0 saturated heterocycles. The van der Waals surface area contributed by atoms with Crippen LogP contribution in [0.3, 0.4) is 0 Å². The zero-order valence-corrected chi connectivity index (χ0v) is 11.9. The molecular formula is C16H31N. The van der Waals surface area contributed by atoms with Gasteiger partial charge in [0.05, 0.1) is 0 Å². The van der Waals surface area contributed by atoms with E-state index in [1.54, 1.807) is 0 Å². The summed E-state index contributed by atoms with van der Waals surface area (Å²) in [4.78, 5) is 0. The van der Waals surface area contributed by atoms with E-state index in [4.69, 9.17) is 0 Å². The van der Waals surface area contributed by atoms with Crippen molar-refractivity contribution < 1.29 is 0 Å². The van der Waals surface area contributed by atoms with Gasteiger partial charge >= 0.3 is 0 Å². The van der Waals surface area contributed by atoms with E-state index in [2.05, 4.69) is 19.2 Å². The third kappa shape index (κ3) is 3.71. The third-order valence-corrected chi connectivity index (χ3v) is 5.15. The molecule has 0 aromatic heterocycles. The standard InChI is InChI=1S/C16H31N/c1-3-10-17-12-15-9-8-13(2)11-16(15)14-6-4-5-7-14/h13-17H,3-12H2,1-2H3. The molecule has 0 bridgehead atoms. The predicted molar refractivity (Wildman–Crippen MR) is 75.1 cm³/mol. The van der Waals surface area contributed by atoms with Crippen LogP contribution >= 0.6 is 0 Å². The third-order valence-electron chi connectivity index (χ3n) is 5.15. The van der Waals surface area contributed by atoms with Gasteiger partial charge in [0.25, 0.3) is 0 Å². The van der Waals surface area contributed by atoms with Crippen molar-refractivity contribution in [3.63, 3.8) is 0 Å². The van der Waals surface area contributed by atoms with Gasteiger partial charge in [-0.05, 0) is 56.0 Å². The van der Waals surface area contributed by atoms with Gasteiger partial charge in [-0.1, -0.05) is 46.0 Å². The monoisotopic (exact) mass is 237 g/mol. The molecule has 2 fully saturated rings. The fraction of sp³-hybridized carbons (Fsp3) is 1.00. The Morgan fingerprint density at radius 1 is 1.06 bits per heavy atom. The molecule has 0 heterocycles. The molecule has 2 saturated carbocycles. The number of hydrogen-bond donors (Lipinski definition) is 1. The molecule has 0 aromatic carbocycles. The molecule has 0 aromatic rings. The molecule has 2 aliphatic rings. The van der Waals surface area contributed by atoms with Crippen LogP contribution in [0.4, 0.5) is 0 Å². The van der Waals surface area contributed by atoms with Gasteiger partial charge in [-0.3, -0.25) is 0 Å². The highest BCUT2D eigenvalue weighted by molar-refractivity contribution is 4.86. The Labute approximate surface area is 108 Å². The first kappa shape index (κ1) is 13.4. The van der Waals surface area contributed by atoms with Crippen LogP contribution in [-0.2, 0) is 0 Å². The number of nitrogens with one attached hydrogen (secondary N) is 1. The Morgan fingerprint density at radius 3 is 2.53 bits per heavy atom. The fourth-order valence-electron chi connectivity index (χ4n) is 4.17. The first-order valence-electron chi connectivity index (χ1n) is 8.02. The van der Waals surface area contributed by atoms with Crippen molar-refractivity contribution in [1.82, 2.24) is 5.32 Å². The van der Waals surface area contributed by atoms with Gasteiger partial charge in [-0.15, -0.1) is 0 Å². The van der Waals surface area contributed by atoms with Crippen molar-refractivity contribution in [1.29, 1.82) is 0 Å². The van der Waals surface area contributed by atoms with Gasteiger partial charge in [0.2, 0.25) is 0 Å². The van der Waals surface area contributed by atoms with Crippen molar-refractivity contribution in [2.75, 3.05) is 13.1 Å². The average molecular weight is 237 g/mol. The fourth-order valence-corrected chi connectivity index (χ4v) is 4.17. The maximum Gasteiger partial charge on any atom is -0.00178 e. The summed E-state index contributed by atoms with van der Waals surface area (Å²) in [7, 11) is 0. The summed E-state index contributed by atoms with van der Waals surface area (Å²) in [6.45, 7) is 7.24. The average Bonchev–Trinajstić information content (AvgIpc) is 2.85. The highest BCUT2D eigenvalue weighted by Gasteiger charge is 2.35. The largest absolute Gasteiger partial charge is 0.316 e. The normalized spacial score (nSPS) is 35.3. The maximum atomic E-state index is 3.67. The molecule has 3 atom stereocenters. The second-order valence-corrected chi connectivity index (χ2v) is 6.59. The zero-order valence-electron chi connectivity index (χ0n) is 11.9. The summed E-state index contributed by atoms with van der Waals surface area (Å²) in [6, 6.07) is 0. The molecule has 0 aliphatic heterocycles. The minimum absolute atomic E-state index is 0.987. The Kier molecular flexibility index (Phi) is 5.34. The lowest BCUT2D eigenvalue weighted by molar-refractivity contribution is 0.126. The van der Waals surface area contributed by atoms with Crippen LogP contribution < -0.4 is 5.32 Å². The number of hydrogen-bond acceptors (Lipinski definition) is 1. The Morgan fingerprint density at radius 2 is 1.82 bits per heavy atom. The van der Waals surface area contributed by atoms with Gasteiger partial charge in [0.15, 0.2) is 0 Å². The molecule has 100 valence electrons. The van der Waals surface area contributed by atoms with E-state index in [1.165, 1.54) is 64.5 Å². The van der Waals surface area contributed by atoms with Crippen molar-refractivity contribution >= 4 is 0 Å². The van der Waals surface area contributed by atoms with Crippen LogP contribution in [0.25, 0.3) is 0 Å². The lowest BCUT2D eigenvalue weighted by atomic mass is 9.68. The van der Waals surface area contributed by atoms with Gasteiger partial charge < -0.3 is 5.32 Å². The molecule has 1 N–H and O–H groups in total. The highest BCUT2D eigenvalue weighted by atomic mass is 14.9. The van der Waals surface area contributed by atoms with Gasteiger partial charge in [-0.25, -0.2) is 0 Å². The summed E-state index contributed by atoms with van der Waals surface area (Å²) >= 11 is 0. The molecule has 2 rings (SSSR count). The van der Waals surface area contributed by atoms with Crippen molar-refractivity contribution in [2.24, 2.45) is 23.7 Å². The van der Waals surface area contributed by atoms with Crippen LogP contribution in [-0.4, -0.2) is 13.1 Å². The summed E-state index contributed by atoms with van der Waals surface area (Å²) in [6.07, 6.45) is 11.8. The minimum atomic E-state index is 0.987. The quantitative estimate of drug-likeness (QED) is 0.706. The van der Waals surface area contributed by atoms with E-state index >= 15 is 0 Å². The van der Waals surface area contributed by atoms with Gasteiger partial charge in [-0.2, -0.15) is 0 Å². The van der Waals surface area contributed by atoms with E-state index in [1.807, 2.05) is 0 Å². The van der Waals surface area contributed by atoms with Crippen molar-refractivity contribution in [2.45, 2.75) is 65.2 Å². The molecule has 0 amide bonds. The second-order valence-electron chi connectivity index (χ2n) is 6.59. The van der Waals surface area contributed by atoms with Crippen LogP contribution in [0.15, 0.2) is 0 Å². The number of rotatable bonds is 5. The summed E-state index contributed by atoms with van der Waals surface area (Å²) < 4.78 is 0. The summed E-state index contributed by atoms with van der Waals surface area (Å²) in [5, 5.41) is 3.67. The van der Waals surface area contributed by atoms with Crippen LogP contribution in [0.1, 0.15) is 65.2 Å². The van der Waals surface area contributed by atoms with E-state index < -0.39 is 0 Å². The predicted octanol–water partition coefficient (Wildman–Crippen LogP) is 4.23. The van der Waals surface area contributed by atoms with E-state index in [9.17, 15) is 0 Å². The second kappa shape index (κ2) is 6.78. The Hall–Kier alpha value is -0.0400. The highest BCUT2D eigenvalue weighted by Crippen LogP contribution is 2.43. The lowest BCUT2D eigenvalue weighted by Gasteiger charge is -2.38. The molecular weight excluding hydrogens is 206 g/mol. The van der Waals surface area contributed by atoms with Gasteiger partial charge in [0.1, 0.15) is 0 Å². The maximum absolute atomic E-state index is 3.67. The SMILES string of the molecule is CCCNCC1CCC(C)CC1C1CCCC1. The van der Waals surface area contributed by atoms with Crippen LogP contribution in [0.2, 0.25) is 0 Å². The van der Waals surface area contributed by atoms with E-state index in [-0.39, 0.29) is 0 Å². The summed E-state index contributed by atoms with van der Waals surface area (Å²) in [5.41, 5.74) is 0. The smallest absolute Gasteiger partial charge is 0.00178 e. The van der Waals surface area contributed by atoms with Crippen LogP contribution in [0, 0.1) is 23.7 Å². The molecule has 0 radical (unpaired) electrons. The molecule has 3 unspecified atom stereocenters. The Bertz CT molecular complexity index is 208. The minimum Gasteiger partial charge on any atom is -0.316 e. The van der Waals surface area contributed by atoms with Crippen molar-refractivity contribution in [3.05, 3.63) is 0 Å². The first-order valence-corrected chi connectivity index (χ1v) is 8.02. The van der Waals surface area contributed by atoms with Crippen molar-refractivity contribution in [3.8, 4) is 0 Å². The molecule has 1 nitrogen and oxygen atoms in total. The molecule has 1 heteroatoms. The molecule has 0 spiro atoms.